The van der Waals surface area contributed by atoms with E-state index in [4.69, 9.17) is 4.42 Å². The summed E-state index contributed by atoms with van der Waals surface area (Å²) >= 11 is 0. The second kappa shape index (κ2) is 13.4. The van der Waals surface area contributed by atoms with Crippen molar-refractivity contribution in [3.8, 4) is 27.9 Å². The molecule has 0 spiro atoms. The molecular formula is C56H36N2O. The predicted molar refractivity (Wildman–Crippen MR) is 249 cm³/mol. The molecule has 12 aromatic rings. The normalized spacial score (nSPS) is 11.7. The number of fused-ring (bicyclic) bond motifs is 9. The Labute approximate surface area is 341 Å². The predicted octanol–water partition coefficient (Wildman–Crippen LogP) is 15.8. The molecule has 3 heteroatoms. The topological polar surface area (TPSA) is 21.3 Å². The lowest BCUT2D eigenvalue weighted by Gasteiger charge is -2.26. The van der Waals surface area contributed by atoms with Gasteiger partial charge in [-0.25, -0.2) is 0 Å². The van der Waals surface area contributed by atoms with E-state index < -0.39 is 0 Å². The van der Waals surface area contributed by atoms with Crippen molar-refractivity contribution in [1.82, 2.24) is 4.57 Å². The van der Waals surface area contributed by atoms with Crippen LogP contribution >= 0.6 is 0 Å². The zero-order chi connectivity index (χ0) is 38.9. The van der Waals surface area contributed by atoms with Gasteiger partial charge in [0.1, 0.15) is 11.2 Å². The summed E-state index contributed by atoms with van der Waals surface area (Å²) in [5.41, 5.74) is 13.3. The van der Waals surface area contributed by atoms with Gasteiger partial charge in [0.2, 0.25) is 0 Å². The first-order valence-corrected chi connectivity index (χ1v) is 20.2. The Bertz CT molecular complexity index is 3540. The summed E-state index contributed by atoms with van der Waals surface area (Å²) in [6.45, 7) is 0. The second-order valence-electron chi connectivity index (χ2n) is 15.3. The van der Waals surface area contributed by atoms with Crippen LogP contribution in [0.4, 0.5) is 17.1 Å². The van der Waals surface area contributed by atoms with Crippen molar-refractivity contribution in [3.05, 3.63) is 218 Å². The third kappa shape index (κ3) is 5.44. The summed E-state index contributed by atoms with van der Waals surface area (Å²) < 4.78 is 9.05. The lowest BCUT2D eigenvalue weighted by Crippen LogP contribution is -2.10. The maximum atomic E-state index is 6.68. The van der Waals surface area contributed by atoms with Crippen LogP contribution in [0.1, 0.15) is 0 Å². The molecule has 0 aliphatic carbocycles. The summed E-state index contributed by atoms with van der Waals surface area (Å²) in [7, 11) is 0. The Morgan fingerprint density at radius 3 is 1.73 bits per heavy atom. The van der Waals surface area contributed by atoms with E-state index in [0.717, 1.165) is 55.6 Å². The first-order chi connectivity index (χ1) is 29.2. The van der Waals surface area contributed by atoms with Crippen LogP contribution in [0.25, 0.3) is 93.2 Å². The summed E-state index contributed by atoms with van der Waals surface area (Å²) in [6.07, 6.45) is 0. The van der Waals surface area contributed by atoms with E-state index in [2.05, 4.69) is 228 Å². The lowest BCUT2D eigenvalue weighted by molar-refractivity contribution is 0.672. The van der Waals surface area contributed by atoms with Crippen molar-refractivity contribution < 1.29 is 4.42 Å². The summed E-state index contributed by atoms with van der Waals surface area (Å²) in [4.78, 5) is 2.37. The Hall–Kier alpha value is -7.88. The van der Waals surface area contributed by atoms with Gasteiger partial charge in [-0.1, -0.05) is 140 Å². The molecule has 2 aromatic heterocycles. The molecule has 0 bridgehead atoms. The smallest absolute Gasteiger partial charge is 0.143 e. The monoisotopic (exact) mass is 752 g/mol. The molecule has 3 nitrogen and oxygen atoms in total. The van der Waals surface area contributed by atoms with Gasteiger partial charge in [0, 0.05) is 38.6 Å². The van der Waals surface area contributed by atoms with Crippen molar-refractivity contribution >= 4 is 82.4 Å². The van der Waals surface area contributed by atoms with Crippen LogP contribution in [0.5, 0.6) is 0 Å². The highest BCUT2D eigenvalue weighted by Gasteiger charge is 2.21. The largest absolute Gasteiger partial charge is 0.455 e. The molecule has 0 radical (unpaired) electrons. The molecule has 59 heavy (non-hydrogen) atoms. The number of para-hydroxylation sites is 2. The van der Waals surface area contributed by atoms with E-state index in [9.17, 15) is 0 Å². The molecule has 0 atom stereocenters. The van der Waals surface area contributed by atoms with Gasteiger partial charge in [-0.05, 0) is 117 Å². The number of nitrogens with zero attached hydrogens (tertiary/aromatic N) is 2. The van der Waals surface area contributed by atoms with Crippen LogP contribution in [-0.2, 0) is 0 Å². The average Bonchev–Trinajstić information content (AvgIpc) is 3.86. The first kappa shape index (κ1) is 33.3. The SMILES string of the molecule is c1ccc(-n2c3ccccc3c3cc(-c4ccc(N(c5ccc(-c6ccc7ccccc7c6)cc5)c5cccc6oc7c8ccccc8ccc7c56)cc4)ccc32)cc1. The highest BCUT2D eigenvalue weighted by atomic mass is 16.3. The Kier molecular flexibility index (Phi) is 7.54. The number of benzene rings is 10. The maximum Gasteiger partial charge on any atom is 0.143 e. The molecule has 0 aliphatic rings. The third-order valence-electron chi connectivity index (χ3n) is 12.0. The fourth-order valence-corrected chi connectivity index (χ4v) is 9.13. The number of anilines is 3. The molecule has 12 rings (SSSR count). The Morgan fingerprint density at radius 2 is 0.949 bits per heavy atom. The number of aromatic nitrogens is 1. The Balaban J connectivity index is 0.996. The molecule has 10 aromatic carbocycles. The van der Waals surface area contributed by atoms with Crippen LogP contribution in [0.3, 0.4) is 0 Å². The summed E-state index contributed by atoms with van der Waals surface area (Å²) in [5.74, 6) is 0. The fourth-order valence-electron chi connectivity index (χ4n) is 9.13. The van der Waals surface area contributed by atoms with E-state index in [1.165, 1.54) is 54.7 Å². The fraction of sp³-hybridized carbons (Fsp3) is 0. The first-order valence-electron chi connectivity index (χ1n) is 20.2. The van der Waals surface area contributed by atoms with Crippen LogP contribution in [0.2, 0.25) is 0 Å². The van der Waals surface area contributed by atoms with Crippen molar-refractivity contribution in [2.24, 2.45) is 0 Å². The molecule has 0 unspecified atom stereocenters. The van der Waals surface area contributed by atoms with Gasteiger partial charge in [0.25, 0.3) is 0 Å². The molecular weight excluding hydrogens is 717 g/mol. The Morgan fingerprint density at radius 1 is 0.356 bits per heavy atom. The van der Waals surface area contributed by atoms with Gasteiger partial charge in [-0.2, -0.15) is 0 Å². The van der Waals surface area contributed by atoms with E-state index in [-0.39, 0.29) is 0 Å². The molecule has 0 saturated heterocycles. The number of furan rings is 1. The van der Waals surface area contributed by atoms with Gasteiger partial charge in [0.15, 0.2) is 0 Å². The zero-order valence-electron chi connectivity index (χ0n) is 32.1. The van der Waals surface area contributed by atoms with Gasteiger partial charge < -0.3 is 13.9 Å². The van der Waals surface area contributed by atoms with E-state index in [1.54, 1.807) is 0 Å². The minimum absolute atomic E-state index is 0.867. The third-order valence-corrected chi connectivity index (χ3v) is 12.0. The van der Waals surface area contributed by atoms with Gasteiger partial charge >= 0.3 is 0 Å². The van der Waals surface area contributed by atoms with Gasteiger partial charge in [-0.3, -0.25) is 0 Å². The standard InChI is InChI=1S/C56H36N2O/c1-2-14-44(15-3-1)58-51-18-9-8-17-48(51)50-36-43(28-34-52(50)58)39-25-31-46(32-26-39)57(45-29-23-38(24-30-45)42-22-21-37-11-4-5-13-41(37)35-42)53-19-10-20-54-55(53)49-33-27-40-12-6-7-16-47(40)56(49)59-54/h1-36H. The minimum atomic E-state index is 0.867. The zero-order valence-corrected chi connectivity index (χ0v) is 32.1. The quantitative estimate of drug-likeness (QED) is 0.169. The van der Waals surface area contributed by atoms with Gasteiger partial charge in [0.05, 0.1) is 22.1 Å². The van der Waals surface area contributed by atoms with Crippen molar-refractivity contribution in [2.75, 3.05) is 4.90 Å². The molecule has 276 valence electrons. The molecule has 0 N–H and O–H groups in total. The maximum absolute atomic E-state index is 6.68. The molecule has 0 aliphatic heterocycles. The van der Waals surface area contributed by atoms with Crippen LogP contribution in [0, 0.1) is 0 Å². The van der Waals surface area contributed by atoms with Crippen molar-refractivity contribution in [1.29, 1.82) is 0 Å². The summed E-state index contributed by atoms with van der Waals surface area (Å²) in [6, 6.07) is 78.7. The number of rotatable bonds is 6. The molecule has 0 saturated carbocycles. The van der Waals surface area contributed by atoms with E-state index in [1.807, 2.05) is 0 Å². The van der Waals surface area contributed by atoms with Crippen LogP contribution in [0.15, 0.2) is 223 Å². The van der Waals surface area contributed by atoms with Crippen molar-refractivity contribution in [3.63, 3.8) is 0 Å². The average molecular weight is 753 g/mol. The lowest BCUT2D eigenvalue weighted by atomic mass is 10.00. The van der Waals surface area contributed by atoms with E-state index >= 15 is 0 Å². The number of hydrogen-bond donors (Lipinski definition) is 0. The highest BCUT2D eigenvalue weighted by molar-refractivity contribution is 6.19. The van der Waals surface area contributed by atoms with Crippen LogP contribution < -0.4 is 4.90 Å². The second-order valence-corrected chi connectivity index (χ2v) is 15.3. The van der Waals surface area contributed by atoms with Gasteiger partial charge in [-0.15, -0.1) is 0 Å². The van der Waals surface area contributed by atoms with E-state index in [0.29, 0.717) is 0 Å². The summed E-state index contributed by atoms with van der Waals surface area (Å²) in [5, 5.41) is 9.45. The molecule has 2 heterocycles. The highest BCUT2D eigenvalue weighted by Crippen LogP contribution is 2.45. The number of hydrogen-bond acceptors (Lipinski definition) is 2. The minimum Gasteiger partial charge on any atom is -0.455 e. The molecule has 0 amide bonds. The van der Waals surface area contributed by atoms with Crippen LogP contribution in [-0.4, -0.2) is 4.57 Å². The van der Waals surface area contributed by atoms with Crippen molar-refractivity contribution in [2.45, 2.75) is 0 Å². The molecule has 0 fully saturated rings.